The molecule has 8 heteroatoms. The Kier molecular flexibility index (Phi) is 9.06. The van der Waals surface area contributed by atoms with Gasteiger partial charge < -0.3 is 29.4 Å². The summed E-state index contributed by atoms with van der Waals surface area (Å²) in [7, 11) is 0. The molecular weight excluding hydrogens is 231 g/mol. The summed E-state index contributed by atoms with van der Waals surface area (Å²) in [6, 6.07) is 0. The molecule has 6 nitrogen and oxygen atoms in total. The smallest absolute Gasteiger partial charge is 1.00 e. The number of aliphatic hydroxyl groups excluding tert-OH is 4. The van der Waals surface area contributed by atoms with Crippen molar-refractivity contribution in [2.24, 2.45) is 0 Å². The summed E-state index contributed by atoms with van der Waals surface area (Å²) < 4.78 is 4.32. The second-order valence-corrected chi connectivity index (χ2v) is 2.31. The third-order valence-electron chi connectivity index (χ3n) is 1.48. The van der Waals surface area contributed by atoms with Crippen LogP contribution in [0.1, 0.15) is 4.28 Å². The minimum atomic E-state index is -1.42. The summed E-state index contributed by atoms with van der Waals surface area (Å²) in [4.78, 5) is 10.5. The Balaban J connectivity index is -0.0000000960. The van der Waals surface area contributed by atoms with Crippen molar-refractivity contribution in [2.75, 3.05) is 6.61 Å². The first-order chi connectivity index (χ1) is 5.57. The van der Waals surface area contributed by atoms with E-state index < -0.39 is 36.3 Å². The van der Waals surface area contributed by atoms with E-state index >= 15 is 0 Å². The number of esters is 1. The Labute approximate surface area is 136 Å². The van der Waals surface area contributed by atoms with Gasteiger partial charge in [0.1, 0.15) is 6.10 Å². The van der Waals surface area contributed by atoms with Gasteiger partial charge in [-0.1, -0.05) is 0 Å². The van der Waals surface area contributed by atoms with E-state index in [-0.39, 0.29) is 71.6 Å². The molecule has 0 fully saturated rings. The Morgan fingerprint density at radius 2 is 2.00 bits per heavy atom. The minimum absolute atomic E-state index is 0. The number of cyclic esters (lactones) is 1. The van der Waals surface area contributed by atoms with Crippen LogP contribution in [0.15, 0.2) is 11.5 Å². The van der Waals surface area contributed by atoms with Gasteiger partial charge in [0, 0.05) is 0 Å². The van der Waals surface area contributed by atoms with Gasteiger partial charge >= 0.3 is 73.3 Å². The van der Waals surface area contributed by atoms with Gasteiger partial charge in [-0.3, -0.25) is 0 Å². The van der Waals surface area contributed by atoms with Gasteiger partial charge in [-0.2, -0.15) is 0 Å². The minimum Gasteiger partial charge on any atom is -1.00 e. The average molecular weight is 242 g/mol. The van der Waals surface area contributed by atoms with Gasteiger partial charge in [-0.15, -0.1) is 0 Å². The molecule has 0 saturated heterocycles. The van der Waals surface area contributed by atoms with Gasteiger partial charge in [-0.05, 0) is 0 Å². The normalized spacial score (nSPS) is 22.1. The monoisotopic (exact) mass is 242 g/mol. The van der Waals surface area contributed by atoms with Crippen LogP contribution in [0.3, 0.4) is 0 Å². The van der Waals surface area contributed by atoms with Crippen LogP contribution in [0.2, 0.25) is 0 Å². The second-order valence-electron chi connectivity index (χ2n) is 2.31. The predicted octanol–water partition coefficient (Wildman–Crippen LogP) is -4.45. The number of hydrogen-bond donors (Lipinski definition) is 4. The Hall–Kier alpha value is 0.990. The fourth-order valence-corrected chi connectivity index (χ4v) is 0.823. The van der Waals surface area contributed by atoms with E-state index in [2.05, 4.69) is 4.74 Å². The summed E-state index contributed by atoms with van der Waals surface area (Å²) in [5.74, 6) is -2.78. The van der Waals surface area contributed by atoms with Crippen LogP contribution in [0.4, 0.5) is 0 Å². The summed E-state index contributed by atoms with van der Waals surface area (Å²) >= 11 is 0. The van der Waals surface area contributed by atoms with Crippen molar-refractivity contribution < 1.29 is 63.8 Å². The molecule has 1 rings (SSSR count). The summed E-state index contributed by atoms with van der Waals surface area (Å²) in [6.07, 6.45) is -2.78. The molecule has 0 saturated carbocycles. The largest absolute Gasteiger partial charge is 2.00 e. The molecule has 0 unspecified atom stereocenters. The van der Waals surface area contributed by atoms with Crippen LogP contribution in [0, 0.1) is 0 Å². The van der Waals surface area contributed by atoms with Crippen molar-refractivity contribution in [3.8, 4) is 0 Å². The summed E-state index contributed by atoms with van der Waals surface area (Å²) in [6.45, 7) is -0.671. The molecule has 0 aromatic rings. The molecule has 0 bridgehead atoms. The van der Waals surface area contributed by atoms with E-state index in [1.807, 2.05) is 0 Å². The maximum atomic E-state index is 10.5. The van der Waals surface area contributed by atoms with Gasteiger partial charge in [0.05, 0.1) is 6.61 Å². The molecule has 74 valence electrons. The van der Waals surface area contributed by atoms with Crippen LogP contribution in [0.5, 0.6) is 0 Å². The number of ether oxygens (including phenoxy) is 1. The van der Waals surface area contributed by atoms with Crippen molar-refractivity contribution in [2.45, 2.75) is 12.2 Å². The first-order valence-electron chi connectivity index (χ1n) is 3.20. The zero-order valence-corrected chi connectivity index (χ0v) is 11.9. The Morgan fingerprint density at radius 3 is 2.29 bits per heavy atom. The predicted molar refractivity (Wildman–Crippen MR) is 44.3 cm³/mol. The van der Waals surface area contributed by atoms with Gasteiger partial charge in [0.15, 0.2) is 11.9 Å². The molecule has 0 aromatic heterocycles. The van der Waals surface area contributed by atoms with E-state index in [1.165, 1.54) is 0 Å². The standard InChI is InChI=1S/C6H8O6.Ca.Na.3H/c7-1-2(8)5-3(9)4(10)6(11)12-5;;;;;/h2,5,7-10H,1H2;;;;;/q;+2;+1;3*-1/t2-,5+;;;;;/m0...../s1. The maximum absolute atomic E-state index is 10.5. The third-order valence-corrected chi connectivity index (χ3v) is 1.48. The topological polar surface area (TPSA) is 107 Å². The van der Waals surface area contributed by atoms with Gasteiger partial charge in [0.2, 0.25) is 5.76 Å². The quantitative estimate of drug-likeness (QED) is 0.287. The molecule has 1 heterocycles. The molecule has 1 aliphatic heterocycles. The summed E-state index contributed by atoms with van der Waals surface area (Å²) in [5.41, 5.74) is 0. The van der Waals surface area contributed by atoms with Gasteiger partial charge in [0.25, 0.3) is 0 Å². The third kappa shape index (κ3) is 3.53. The average Bonchev–Trinajstić information content (AvgIpc) is 2.32. The molecular formula is C6H11CaNaO6. The van der Waals surface area contributed by atoms with E-state index in [1.54, 1.807) is 0 Å². The Bertz CT molecular complexity index is 254. The molecule has 2 atom stereocenters. The summed E-state index contributed by atoms with van der Waals surface area (Å²) in [5, 5.41) is 35.0. The van der Waals surface area contributed by atoms with Crippen LogP contribution in [-0.2, 0) is 9.53 Å². The molecule has 0 aromatic carbocycles. The molecule has 0 aliphatic carbocycles. The number of aliphatic hydroxyl groups is 4. The van der Waals surface area contributed by atoms with E-state index in [0.29, 0.717) is 0 Å². The molecule has 1 aliphatic rings. The SMILES string of the molecule is O=C1O[C@H]([C@@H](O)CO)C(O)=C1O.[Ca+2].[H-].[H-].[H-].[Na+]. The molecule has 4 N–H and O–H groups in total. The molecule has 0 amide bonds. The first kappa shape index (κ1) is 17.4. The second kappa shape index (κ2) is 7.29. The Morgan fingerprint density at radius 1 is 1.50 bits per heavy atom. The molecule has 14 heavy (non-hydrogen) atoms. The van der Waals surface area contributed by atoms with Crippen molar-refractivity contribution >= 4 is 43.7 Å². The zero-order chi connectivity index (χ0) is 9.30. The van der Waals surface area contributed by atoms with Gasteiger partial charge in [-0.25, -0.2) is 4.79 Å². The van der Waals surface area contributed by atoms with Crippen molar-refractivity contribution in [1.82, 2.24) is 0 Å². The van der Waals surface area contributed by atoms with Crippen molar-refractivity contribution in [1.29, 1.82) is 0 Å². The maximum Gasteiger partial charge on any atom is 2.00 e. The number of carbonyl (C=O) groups is 1. The number of rotatable bonds is 2. The molecule has 0 spiro atoms. The zero-order valence-electron chi connectivity index (χ0n) is 10.7. The fourth-order valence-electron chi connectivity index (χ4n) is 0.823. The molecule has 0 radical (unpaired) electrons. The first-order valence-corrected chi connectivity index (χ1v) is 3.20. The van der Waals surface area contributed by atoms with Crippen molar-refractivity contribution in [3.05, 3.63) is 11.5 Å². The number of hydrogen-bond acceptors (Lipinski definition) is 6. The van der Waals surface area contributed by atoms with E-state index in [0.717, 1.165) is 0 Å². The number of carbonyl (C=O) groups excluding carboxylic acids is 1. The van der Waals surface area contributed by atoms with E-state index in [9.17, 15) is 4.79 Å². The van der Waals surface area contributed by atoms with Crippen LogP contribution >= 0.6 is 0 Å². The van der Waals surface area contributed by atoms with Crippen LogP contribution in [-0.4, -0.2) is 82.9 Å². The van der Waals surface area contributed by atoms with Crippen LogP contribution < -0.4 is 29.6 Å². The van der Waals surface area contributed by atoms with Crippen molar-refractivity contribution in [3.63, 3.8) is 0 Å². The van der Waals surface area contributed by atoms with Crippen LogP contribution in [0.25, 0.3) is 0 Å². The fraction of sp³-hybridized carbons (Fsp3) is 0.500. The van der Waals surface area contributed by atoms with E-state index in [4.69, 9.17) is 20.4 Å².